The molecule has 3 nitrogen and oxygen atoms in total. The molecule has 0 aliphatic heterocycles. The van der Waals surface area contributed by atoms with Gasteiger partial charge in [0.2, 0.25) is 0 Å². The van der Waals surface area contributed by atoms with Crippen LogP contribution in [0.15, 0.2) is 42.5 Å². The second-order valence-corrected chi connectivity index (χ2v) is 5.55. The van der Waals surface area contributed by atoms with Crippen LogP contribution >= 0.6 is 0 Å². The molecular weight excluding hydrogens is 262 g/mol. The van der Waals surface area contributed by atoms with E-state index < -0.39 is 0 Å². The smallest absolute Gasteiger partial charge is 0.122 e. The van der Waals surface area contributed by atoms with E-state index >= 15 is 0 Å². The van der Waals surface area contributed by atoms with Gasteiger partial charge in [-0.05, 0) is 54.7 Å². The summed E-state index contributed by atoms with van der Waals surface area (Å²) in [5.41, 5.74) is 10.0. The third kappa shape index (κ3) is 2.74. The third-order valence-corrected chi connectivity index (χ3v) is 4.18. The third-order valence-electron chi connectivity index (χ3n) is 4.18. The maximum Gasteiger partial charge on any atom is 0.122 e. The van der Waals surface area contributed by atoms with E-state index in [1.807, 2.05) is 30.3 Å². The van der Waals surface area contributed by atoms with Crippen molar-refractivity contribution >= 4 is 0 Å². The molecule has 2 aromatic carbocycles. The molecule has 110 valence electrons. The summed E-state index contributed by atoms with van der Waals surface area (Å²) < 4.78 is 11.5. The maximum atomic E-state index is 6.43. The molecule has 0 spiro atoms. The fraction of sp³-hybridized carbons (Fsp3) is 0.333. The Morgan fingerprint density at radius 3 is 2.71 bits per heavy atom. The van der Waals surface area contributed by atoms with Crippen molar-refractivity contribution in [1.29, 1.82) is 0 Å². The molecule has 3 heteroatoms. The van der Waals surface area contributed by atoms with Gasteiger partial charge in [0, 0.05) is 0 Å². The molecule has 0 amide bonds. The lowest BCUT2D eigenvalue weighted by atomic mass is 9.86. The van der Waals surface area contributed by atoms with Gasteiger partial charge in [-0.2, -0.15) is 0 Å². The monoisotopic (exact) mass is 283 g/mol. The molecule has 0 saturated carbocycles. The SMILES string of the molecule is COc1ccc2c(c1)C(N)C(Oc1ccccc1C)CC2. The van der Waals surface area contributed by atoms with E-state index in [1.54, 1.807) is 7.11 Å². The van der Waals surface area contributed by atoms with Gasteiger partial charge in [0.05, 0.1) is 13.2 Å². The van der Waals surface area contributed by atoms with E-state index in [0.717, 1.165) is 35.5 Å². The molecule has 0 radical (unpaired) electrons. The van der Waals surface area contributed by atoms with Crippen molar-refractivity contribution in [3.8, 4) is 11.5 Å². The number of benzene rings is 2. The van der Waals surface area contributed by atoms with Gasteiger partial charge in [-0.3, -0.25) is 0 Å². The number of methoxy groups -OCH3 is 1. The number of para-hydroxylation sites is 1. The highest BCUT2D eigenvalue weighted by Crippen LogP contribution is 2.34. The fourth-order valence-electron chi connectivity index (χ4n) is 2.90. The summed E-state index contributed by atoms with van der Waals surface area (Å²) in [5.74, 6) is 1.77. The van der Waals surface area contributed by atoms with Crippen molar-refractivity contribution in [2.24, 2.45) is 5.73 Å². The highest BCUT2D eigenvalue weighted by molar-refractivity contribution is 5.40. The van der Waals surface area contributed by atoms with Crippen LogP contribution in [0.2, 0.25) is 0 Å². The van der Waals surface area contributed by atoms with Gasteiger partial charge in [0.15, 0.2) is 0 Å². The Kier molecular flexibility index (Phi) is 3.84. The second-order valence-electron chi connectivity index (χ2n) is 5.55. The Morgan fingerprint density at radius 1 is 1.14 bits per heavy atom. The van der Waals surface area contributed by atoms with Crippen molar-refractivity contribution in [2.45, 2.75) is 31.9 Å². The van der Waals surface area contributed by atoms with Crippen molar-refractivity contribution in [1.82, 2.24) is 0 Å². The summed E-state index contributed by atoms with van der Waals surface area (Å²) in [6, 6.07) is 14.1. The molecular formula is C18H21NO2. The average molecular weight is 283 g/mol. The summed E-state index contributed by atoms with van der Waals surface area (Å²) in [5, 5.41) is 0. The van der Waals surface area contributed by atoms with Gasteiger partial charge < -0.3 is 15.2 Å². The topological polar surface area (TPSA) is 44.5 Å². The Labute approximate surface area is 125 Å². The number of nitrogens with two attached hydrogens (primary N) is 1. The van der Waals surface area contributed by atoms with Gasteiger partial charge in [0.1, 0.15) is 17.6 Å². The summed E-state index contributed by atoms with van der Waals surface area (Å²) in [4.78, 5) is 0. The number of ether oxygens (including phenoxy) is 2. The number of hydrogen-bond donors (Lipinski definition) is 1. The largest absolute Gasteiger partial charge is 0.497 e. The van der Waals surface area contributed by atoms with Gasteiger partial charge in [-0.1, -0.05) is 24.3 Å². The fourth-order valence-corrected chi connectivity index (χ4v) is 2.90. The Balaban J connectivity index is 1.85. The lowest BCUT2D eigenvalue weighted by Gasteiger charge is -2.32. The predicted octanol–water partition coefficient (Wildman–Crippen LogP) is 3.40. The normalized spacial score (nSPS) is 20.7. The number of hydrogen-bond acceptors (Lipinski definition) is 3. The van der Waals surface area contributed by atoms with Gasteiger partial charge in [-0.15, -0.1) is 0 Å². The molecule has 2 aromatic rings. The summed E-state index contributed by atoms with van der Waals surface area (Å²) in [6.07, 6.45) is 1.93. The first-order valence-corrected chi connectivity index (χ1v) is 7.33. The molecule has 1 aliphatic carbocycles. The Hall–Kier alpha value is -2.00. The van der Waals surface area contributed by atoms with E-state index in [1.165, 1.54) is 5.56 Å². The van der Waals surface area contributed by atoms with Crippen molar-refractivity contribution in [2.75, 3.05) is 7.11 Å². The first-order chi connectivity index (χ1) is 10.2. The predicted molar refractivity (Wildman–Crippen MR) is 83.8 cm³/mol. The minimum Gasteiger partial charge on any atom is -0.497 e. The van der Waals surface area contributed by atoms with Gasteiger partial charge >= 0.3 is 0 Å². The minimum atomic E-state index is -0.122. The van der Waals surface area contributed by atoms with Crippen LogP contribution in [0.1, 0.15) is 29.2 Å². The summed E-state index contributed by atoms with van der Waals surface area (Å²) >= 11 is 0. The van der Waals surface area contributed by atoms with Crippen LogP contribution in [-0.4, -0.2) is 13.2 Å². The molecule has 0 aromatic heterocycles. The van der Waals surface area contributed by atoms with Crippen LogP contribution in [0, 0.1) is 6.92 Å². The molecule has 21 heavy (non-hydrogen) atoms. The number of fused-ring (bicyclic) bond motifs is 1. The standard InChI is InChI=1S/C18H21NO2/c1-12-5-3-4-6-16(12)21-17-10-8-13-7-9-14(20-2)11-15(13)18(17)19/h3-7,9,11,17-18H,8,10,19H2,1-2H3. The molecule has 2 unspecified atom stereocenters. The molecule has 2 N–H and O–H groups in total. The van der Waals surface area contributed by atoms with Crippen molar-refractivity contribution < 1.29 is 9.47 Å². The van der Waals surface area contributed by atoms with Gasteiger partial charge in [0.25, 0.3) is 0 Å². The Bertz CT molecular complexity index is 639. The molecule has 1 aliphatic rings. The lowest BCUT2D eigenvalue weighted by molar-refractivity contribution is 0.152. The number of rotatable bonds is 3. The highest BCUT2D eigenvalue weighted by Gasteiger charge is 2.29. The summed E-state index contributed by atoms with van der Waals surface area (Å²) in [7, 11) is 1.68. The van der Waals surface area contributed by atoms with Crippen molar-refractivity contribution in [3.63, 3.8) is 0 Å². The van der Waals surface area contributed by atoms with Gasteiger partial charge in [-0.25, -0.2) is 0 Å². The quantitative estimate of drug-likeness (QED) is 0.939. The molecule has 3 rings (SSSR count). The van der Waals surface area contributed by atoms with Crippen molar-refractivity contribution in [3.05, 3.63) is 59.2 Å². The van der Waals surface area contributed by atoms with E-state index in [-0.39, 0.29) is 12.1 Å². The van der Waals surface area contributed by atoms with E-state index in [0.29, 0.717) is 0 Å². The highest BCUT2D eigenvalue weighted by atomic mass is 16.5. The van der Waals surface area contributed by atoms with Crippen LogP contribution < -0.4 is 15.2 Å². The zero-order valence-corrected chi connectivity index (χ0v) is 12.5. The summed E-state index contributed by atoms with van der Waals surface area (Å²) in [6.45, 7) is 2.06. The van der Waals surface area contributed by atoms with Crippen LogP contribution in [-0.2, 0) is 6.42 Å². The minimum absolute atomic E-state index is 0.00528. The van der Waals surface area contributed by atoms with Crippen LogP contribution in [0.3, 0.4) is 0 Å². The molecule has 0 fully saturated rings. The average Bonchev–Trinajstić information content (AvgIpc) is 2.52. The molecule has 0 saturated heterocycles. The number of aryl methyl sites for hydroxylation is 2. The zero-order chi connectivity index (χ0) is 14.8. The lowest BCUT2D eigenvalue weighted by Crippen LogP contribution is -2.36. The maximum absolute atomic E-state index is 6.43. The van der Waals surface area contributed by atoms with Crippen LogP contribution in [0.5, 0.6) is 11.5 Å². The van der Waals surface area contributed by atoms with E-state index in [2.05, 4.69) is 19.1 Å². The van der Waals surface area contributed by atoms with E-state index in [4.69, 9.17) is 15.2 Å². The van der Waals surface area contributed by atoms with E-state index in [9.17, 15) is 0 Å². The second kappa shape index (κ2) is 5.78. The zero-order valence-electron chi connectivity index (χ0n) is 12.5. The van der Waals surface area contributed by atoms with Crippen LogP contribution in [0.4, 0.5) is 0 Å². The first kappa shape index (κ1) is 14.0. The van der Waals surface area contributed by atoms with Crippen LogP contribution in [0.25, 0.3) is 0 Å². The Morgan fingerprint density at radius 2 is 1.95 bits per heavy atom. The first-order valence-electron chi connectivity index (χ1n) is 7.33. The molecule has 0 bridgehead atoms. The molecule has 2 atom stereocenters. The molecule has 0 heterocycles.